The lowest BCUT2D eigenvalue weighted by atomic mass is 10.0. The molecule has 2 aromatic rings. The number of carbonyl (C=O) groups is 2. The van der Waals surface area contributed by atoms with E-state index < -0.39 is 17.8 Å². The van der Waals surface area contributed by atoms with Crippen LogP contribution in [0.25, 0.3) is 11.1 Å². The molecule has 4 nitrogen and oxygen atoms in total. The monoisotopic (exact) mass is 288 g/mol. The van der Waals surface area contributed by atoms with E-state index >= 15 is 0 Å². The van der Waals surface area contributed by atoms with E-state index in [9.17, 15) is 14.0 Å². The van der Waals surface area contributed by atoms with Gasteiger partial charge in [-0.25, -0.2) is 14.0 Å². The Hall–Kier alpha value is -2.69. The van der Waals surface area contributed by atoms with E-state index in [-0.39, 0.29) is 17.7 Å². The van der Waals surface area contributed by atoms with E-state index in [1.165, 1.54) is 24.3 Å². The Bertz CT molecular complexity index is 677. The number of carbonyl (C=O) groups excluding carboxylic acids is 1. The van der Waals surface area contributed by atoms with Gasteiger partial charge < -0.3 is 9.84 Å². The zero-order valence-electron chi connectivity index (χ0n) is 11.3. The Kier molecular flexibility index (Phi) is 4.33. The van der Waals surface area contributed by atoms with Crippen LogP contribution in [-0.4, -0.2) is 23.7 Å². The molecule has 0 atom stereocenters. The van der Waals surface area contributed by atoms with Crippen molar-refractivity contribution in [1.29, 1.82) is 0 Å². The topological polar surface area (TPSA) is 63.6 Å². The fourth-order valence-corrected chi connectivity index (χ4v) is 1.88. The molecule has 0 aromatic heterocycles. The molecular weight excluding hydrogens is 275 g/mol. The van der Waals surface area contributed by atoms with Crippen molar-refractivity contribution in [2.75, 3.05) is 6.61 Å². The number of hydrogen-bond acceptors (Lipinski definition) is 3. The van der Waals surface area contributed by atoms with Crippen molar-refractivity contribution in [3.63, 3.8) is 0 Å². The maximum Gasteiger partial charge on any atom is 0.338 e. The molecule has 0 unspecified atom stereocenters. The minimum atomic E-state index is -1.18. The lowest BCUT2D eigenvalue weighted by Gasteiger charge is -2.06. The second kappa shape index (κ2) is 6.17. The van der Waals surface area contributed by atoms with Gasteiger partial charge in [-0.15, -0.1) is 0 Å². The molecule has 0 aliphatic heterocycles. The van der Waals surface area contributed by atoms with Crippen molar-refractivity contribution >= 4 is 11.9 Å². The molecule has 0 saturated carbocycles. The molecule has 2 aromatic carbocycles. The molecule has 0 fully saturated rings. The number of rotatable bonds is 4. The number of halogens is 1. The highest BCUT2D eigenvalue weighted by Gasteiger charge is 2.11. The summed E-state index contributed by atoms with van der Waals surface area (Å²) in [5.41, 5.74) is 1.09. The first-order valence-corrected chi connectivity index (χ1v) is 6.33. The summed E-state index contributed by atoms with van der Waals surface area (Å²) in [5.74, 6) is -2.25. The van der Waals surface area contributed by atoms with E-state index in [4.69, 9.17) is 9.84 Å². The number of ether oxygens (including phenoxy) is 1. The highest BCUT2D eigenvalue weighted by atomic mass is 19.1. The van der Waals surface area contributed by atoms with Crippen LogP contribution in [-0.2, 0) is 4.74 Å². The zero-order valence-corrected chi connectivity index (χ0v) is 11.3. The Morgan fingerprint density at radius 2 is 1.71 bits per heavy atom. The second-order valence-corrected chi connectivity index (χ2v) is 4.30. The molecule has 0 aliphatic rings. The Morgan fingerprint density at radius 1 is 1.10 bits per heavy atom. The molecule has 5 heteroatoms. The first-order chi connectivity index (χ1) is 10.0. The van der Waals surface area contributed by atoms with Gasteiger partial charge in [0.1, 0.15) is 5.82 Å². The standard InChI is InChI=1S/C16H13FO4/c1-2-21-16(20)11-5-3-10(4-6-11)13-8-7-12(15(18)19)9-14(13)17/h3-9H,2H2,1H3,(H,18,19). The lowest BCUT2D eigenvalue weighted by molar-refractivity contribution is 0.0526. The third kappa shape index (κ3) is 3.25. The van der Waals surface area contributed by atoms with Crippen molar-refractivity contribution in [1.82, 2.24) is 0 Å². The molecule has 0 radical (unpaired) electrons. The normalized spacial score (nSPS) is 10.2. The molecule has 0 saturated heterocycles. The second-order valence-electron chi connectivity index (χ2n) is 4.30. The molecule has 0 heterocycles. The van der Waals surface area contributed by atoms with Crippen molar-refractivity contribution in [3.8, 4) is 11.1 Å². The number of aromatic carboxylic acids is 1. The molecule has 21 heavy (non-hydrogen) atoms. The van der Waals surface area contributed by atoms with Gasteiger partial charge in [-0.1, -0.05) is 18.2 Å². The molecule has 108 valence electrons. The predicted molar refractivity (Wildman–Crippen MR) is 74.8 cm³/mol. The molecule has 0 spiro atoms. The van der Waals surface area contributed by atoms with Crippen molar-refractivity contribution in [2.24, 2.45) is 0 Å². The number of carboxylic acids is 1. The summed E-state index contributed by atoms with van der Waals surface area (Å²) in [4.78, 5) is 22.3. The van der Waals surface area contributed by atoms with E-state index in [0.29, 0.717) is 11.1 Å². The fraction of sp³-hybridized carbons (Fsp3) is 0.125. The number of esters is 1. The summed E-state index contributed by atoms with van der Waals surface area (Å²) in [7, 11) is 0. The Labute approximate surface area is 120 Å². The van der Waals surface area contributed by atoms with E-state index in [2.05, 4.69) is 0 Å². The first kappa shape index (κ1) is 14.7. The zero-order chi connectivity index (χ0) is 15.4. The van der Waals surface area contributed by atoms with Crippen molar-refractivity contribution < 1.29 is 23.8 Å². The van der Waals surface area contributed by atoms with Gasteiger partial charge in [0, 0.05) is 5.56 Å². The van der Waals surface area contributed by atoms with Gasteiger partial charge in [0.25, 0.3) is 0 Å². The SMILES string of the molecule is CCOC(=O)c1ccc(-c2ccc(C(=O)O)cc2F)cc1. The van der Waals surface area contributed by atoms with Crippen LogP contribution < -0.4 is 0 Å². The van der Waals surface area contributed by atoms with Gasteiger partial charge in [-0.2, -0.15) is 0 Å². The van der Waals surface area contributed by atoms with Gasteiger partial charge in [0.15, 0.2) is 0 Å². The molecule has 2 rings (SSSR count). The van der Waals surface area contributed by atoms with E-state index in [0.717, 1.165) is 6.07 Å². The van der Waals surface area contributed by atoms with Crippen LogP contribution in [0.2, 0.25) is 0 Å². The average molecular weight is 288 g/mol. The van der Waals surface area contributed by atoms with Gasteiger partial charge in [-0.05, 0) is 36.8 Å². The lowest BCUT2D eigenvalue weighted by Crippen LogP contribution is -2.04. The van der Waals surface area contributed by atoms with E-state index in [1.54, 1.807) is 19.1 Å². The minimum Gasteiger partial charge on any atom is -0.478 e. The van der Waals surface area contributed by atoms with Crippen LogP contribution in [0.4, 0.5) is 4.39 Å². The van der Waals surface area contributed by atoms with Gasteiger partial charge in [0.05, 0.1) is 17.7 Å². The Morgan fingerprint density at radius 3 is 2.24 bits per heavy atom. The molecule has 0 aliphatic carbocycles. The maximum atomic E-state index is 13.9. The van der Waals surface area contributed by atoms with Crippen LogP contribution in [0.15, 0.2) is 42.5 Å². The summed E-state index contributed by atoms with van der Waals surface area (Å²) in [5, 5.41) is 8.80. The van der Waals surface area contributed by atoms with Crippen LogP contribution >= 0.6 is 0 Å². The predicted octanol–water partition coefficient (Wildman–Crippen LogP) is 3.37. The third-order valence-corrected chi connectivity index (χ3v) is 2.92. The van der Waals surface area contributed by atoms with Crippen LogP contribution in [0.3, 0.4) is 0 Å². The number of benzene rings is 2. The molecule has 0 bridgehead atoms. The van der Waals surface area contributed by atoms with E-state index in [1.807, 2.05) is 0 Å². The van der Waals surface area contributed by atoms with Crippen LogP contribution in [0, 0.1) is 5.82 Å². The average Bonchev–Trinajstić information content (AvgIpc) is 2.47. The summed E-state index contributed by atoms with van der Waals surface area (Å²) in [6, 6.07) is 9.96. The highest BCUT2D eigenvalue weighted by Crippen LogP contribution is 2.24. The number of carboxylic acid groups (broad SMARTS) is 1. The summed E-state index contributed by atoms with van der Waals surface area (Å²) < 4.78 is 18.8. The van der Waals surface area contributed by atoms with Crippen LogP contribution in [0.1, 0.15) is 27.6 Å². The van der Waals surface area contributed by atoms with Gasteiger partial charge >= 0.3 is 11.9 Å². The smallest absolute Gasteiger partial charge is 0.338 e. The summed E-state index contributed by atoms with van der Waals surface area (Å²) in [6.45, 7) is 2.00. The minimum absolute atomic E-state index is 0.112. The first-order valence-electron chi connectivity index (χ1n) is 6.33. The largest absolute Gasteiger partial charge is 0.478 e. The Balaban J connectivity index is 2.31. The number of hydrogen-bond donors (Lipinski definition) is 1. The van der Waals surface area contributed by atoms with Gasteiger partial charge in [0.2, 0.25) is 0 Å². The third-order valence-electron chi connectivity index (χ3n) is 2.92. The molecular formula is C16H13FO4. The van der Waals surface area contributed by atoms with Gasteiger partial charge in [-0.3, -0.25) is 0 Å². The van der Waals surface area contributed by atoms with Crippen molar-refractivity contribution in [3.05, 3.63) is 59.4 Å². The molecule has 1 N–H and O–H groups in total. The van der Waals surface area contributed by atoms with Crippen molar-refractivity contribution in [2.45, 2.75) is 6.92 Å². The summed E-state index contributed by atoms with van der Waals surface area (Å²) in [6.07, 6.45) is 0. The molecule has 0 amide bonds. The fourth-order valence-electron chi connectivity index (χ4n) is 1.88. The highest BCUT2D eigenvalue weighted by molar-refractivity contribution is 5.90. The quantitative estimate of drug-likeness (QED) is 0.876. The summed E-state index contributed by atoms with van der Waals surface area (Å²) >= 11 is 0. The maximum absolute atomic E-state index is 13.9. The van der Waals surface area contributed by atoms with Crippen LogP contribution in [0.5, 0.6) is 0 Å².